The predicted molar refractivity (Wildman–Crippen MR) is 126 cm³/mol. The molecule has 0 spiro atoms. The third-order valence-corrected chi connectivity index (χ3v) is 7.55. The highest BCUT2D eigenvalue weighted by molar-refractivity contribution is 8.14. The number of hydrogen-bond donors (Lipinski definition) is 0. The Morgan fingerprint density at radius 2 is 2.00 bits per heavy atom. The van der Waals surface area contributed by atoms with Crippen molar-refractivity contribution in [1.29, 1.82) is 0 Å². The van der Waals surface area contributed by atoms with Crippen LogP contribution in [0.3, 0.4) is 0 Å². The van der Waals surface area contributed by atoms with Gasteiger partial charge >= 0.3 is 0 Å². The fourth-order valence-corrected chi connectivity index (χ4v) is 6.31. The summed E-state index contributed by atoms with van der Waals surface area (Å²) in [5, 5.41) is 1.91. The molecular weight excluding hydrogens is 412 g/mol. The van der Waals surface area contributed by atoms with Gasteiger partial charge in [-0.2, -0.15) is 0 Å². The average molecular weight is 437 g/mol. The number of pyridine rings is 1. The quantitative estimate of drug-likeness (QED) is 0.493. The Hall–Kier alpha value is -2.24. The first-order valence-corrected chi connectivity index (χ1v) is 11.8. The fraction of sp³-hybridized carbons (Fsp3) is 0.333. The SMILES string of the molecule is CCC1CSC2=NC(c3ccccn3)C(c3cc(C)n(-c4cccc(Cl)c4)c3C)N21. The van der Waals surface area contributed by atoms with Gasteiger partial charge in [-0.1, -0.05) is 42.4 Å². The van der Waals surface area contributed by atoms with Crippen LogP contribution in [0.5, 0.6) is 0 Å². The number of nitrogens with zero attached hydrogens (tertiary/aromatic N) is 4. The Morgan fingerprint density at radius 1 is 1.13 bits per heavy atom. The van der Waals surface area contributed by atoms with E-state index in [1.54, 1.807) is 0 Å². The molecule has 30 heavy (non-hydrogen) atoms. The zero-order valence-electron chi connectivity index (χ0n) is 17.4. The molecule has 0 radical (unpaired) electrons. The first-order valence-electron chi connectivity index (χ1n) is 10.4. The molecule has 4 heterocycles. The molecule has 0 amide bonds. The molecule has 3 atom stereocenters. The molecule has 0 bridgehead atoms. The molecule has 3 aromatic rings. The summed E-state index contributed by atoms with van der Waals surface area (Å²) in [5.41, 5.74) is 5.90. The van der Waals surface area contributed by atoms with Crippen LogP contribution in [0.25, 0.3) is 5.69 Å². The third kappa shape index (κ3) is 3.15. The van der Waals surface area contributed by atoms with Crippen LogP contribution in [-0.2, 0) is 0 Å². The largest absolute Gasteiger partial charge is 0.338 e. The summed E-state index contributed by atoms with van der Waals surface area (Å²) in [6.07, 6.45) is 2.99. The van der Waals surface area contributed by atoms with Crippen LogP contribution in [0.2, 0.25) is 5.02 Å². The number of amidine groups is 1. The van der Waals surface area contributed by atoms with Crippen molar-refractivity contribution >= 4 is 28.5 Å². The standard InChI is InChI=1S/C24H25ClN4S/c1-4-18-14-30-24-27-22(21-10-5-6-11-26-21)23(29(18)24)20-12-15(2)28(16(20)3)19-9-7-8-17(25)13-19/h5-13,18,22-23H,4,14H2,1-3H3. The van der Waals surface area contributed by atoms with Crippen molar-refractivity contribution in [3.8, 4) is 5.69 Å². The van der Waals surface area contributed by atoms with E-state index in [4.69, 9.17) is 16.6 Å². The van der Waals surface area contributed by atoms with E-state index in [1.807, 2.05) is 42.2 Å². The second-order valence-electron chi connectivity index (χ2n) is 7.98. The minimum Gasteiger partial charge on any atom is -0.338 e. The molecule has 1 fully saturated rings. The lowest BCUT2D eigenvalue weighted by molar-refractivity contribution is 0.254. The Labute approximate surface area is 187 Å². The topological polar surface area (TPSA) is 33.4 Å². The minimum atomic E-state index is 0.0105. The Morgan fingerprint density at radius 3 is 2.73 bits per heavy atom. The monoisotopic (exact) mass is 436 g/mol. The van der Waals surface area contributed by atoms with Gasteiger partial charge < -0.3 is 9.47 Å². The van der Waals surface area contributed by atoms with Crippen molar-refractivity contribution in [2.24, 2.45) is 4.99 Å². The number of hydrogen-bond acceptors (Lipinski definition) is 4. The summed E-state index contributed by atoms with van der Waals surface area (Å²) >= 11 is 8.18. The van der Waals surface area contributed by atoms with Gasteiger partial charge in [0.1, 0.15) is 6.04 Å². The van der Waals surface area contributed by atoms with Gasteiger partial charge in [0.2, 0.25) is 0 Å². The molecule has 0 aliphatic carbocycles. The second-order valence-corrected chi connectivity index (χ2v) is 9.40. The van der Waals surface area contributed by atoms with E-state index in [9.17, 15) is 0 Å². The van der Waals surface area contributed by atoms with Crippen molar-refractivity contribution in [2.45, 2.75) is 45.3 Å². The van der Waals surface area contributed by atoms with Gasteiger partial charge in [0.15, 0.2) is 5.17 Å². The zero-order valence-corrected chi connectivity index (χ0v) is 19.0. The van der Waals surface area contributed by atoms with Gasteiger partial charge in [-0.3, -0.25) is 9.98 Å². The summed E-state index contributed by atoms with van der Waals surface area (Å²) in [6.45, 7) is 6.65. The molecule has 154 valence electrons. The number of benzene rings is 1. The maximum Gasteiger partial charge on any atom is 0.160 e. The van der Waals surface area contributed by atoms with Gasteiger partial charge in [0.25, 0.3) is 0 Å². The smallest absolute Gasteiger partial charge is 0.160 e. The van der Waals surface area contributed by atoms with Gasteiger partial charge in [-0.15, -0.1) is 0 Å². The van der Waals surface area contributed by atoms with Crippen molar-refractivity contribution in [2.75, 3.05) is 5.75 Å². The molecule has 0 saturated carbocycles. The second kappa shape index (κ2) is 7.78. The number of thioether (sulfide) groups is 1. The van der Waals surface area contributed by atoms with Crippen LogP contribution in [-0.4, -0.2) is 31.4 Å². The Bertz CT molecular complexity index is 1110. The third-order valence-electron chi connectivity index (χ3n) is 6.18. The van der Waals surface area contributed by atoms with Crippen LogP contribution in [0, 0.1) is 13.8 Å². The van der Waals surface area contributed by atoms with Crippen molar-refractivity contribution in [1.82, 2.24) is 14.5 Å². The average Bonchev–Trinajstić information content (AvgIpc) is 3.40. The van der Waals surface area contributed by atoms with E-state index in [0.29, 0.717) is 6.04 Å². The molecule has 1 aromatic carbocycles. The van der Waals surface area contributed by atoms with Gasteiger partial charge in [-0.25, -0.2) is 0 Å². The lowest BCUT2D eigenvalue weighted by Crippen LogP contribution is -2.35. The minimum absolute atomic E-state index is 0.0105. The first-order chi connectivity index (χ1) is 14.6. The summed E-state index contributed by atoms with van der Waals surface area (Å²) in [6, 6.07) is 17.2. The molecule has 2 aromatic heterocycles. The van der Waals surface area contributed by atoms with Gasteiger partial charge in [-0.05, 0) is 62.2 Å². The molecule has 2 aliphatic heterocycles. The molecular formula is C24H25ClN4S. The summed E-state index contributed by atoms with van der Waals surface area (Å²) < 4.78 is 2.30. The molecule has 1 saturated heterocycles. The molecule has 6 heteroatoms. The van der Waals surface area contributed by atoms with E-state index in [2.05, 4.69) is 59.5 Å². The number of aryl methyl sites for hydroxylation is 1. The van der Waals surface area contributed by atoms with E-state index in [1.165, 1.54) is 17.0 Å². The fourth-order valence-electron chi connectivity index (χ4n) is 4.79. The maximum atomic E-state index is 6.30. The molecule has 2 aliphatic rings. The van der Waals surface area contributed by atoms with Crippen molar-refractivity contribution in [3.05, 3.63) is 82.4 Å². The lowest BCUT2D eigenvalue weighted by atomic mass is 9.95. The first kappa shape index (κ1) is 19.7. The highest BCUT2D eigenvalue weighted by Gasteiger charge is 2.46. The summed E-state index contributed by atoms with van der Waals surface area (Å²) in [5.74, 6) is 1.10. The van der Waals surface area contributed by atoms with Crippen LogP contribution >= 0.6 is 23.4 Å². The molecule has 3 unspecified atom stereocenters. The lowest BCUT2D eigenvalue weighted by Gasteiger charge is -2.32. The number of rotatable bonds is 4. The van der Waals surface area contributed by atoms with Crippen LogP contribution in [0.15, 0.2) is 59.7 Å². The molecule has 4 nitrogen and oxygen atoms in total. The summed E-state index contributed by atoms with van der Waals surface area (Å²) in [4.78, 5) is 12.4. The number of aliphatic imine (C=N–C) groups is 1. The Kier molecular flexibility index (Phi) is 5.11. The molecule has 5 rings (SSSR count). The highest BCUT2D eigenvalue weighted by Crippen LogP contribution is 2.49. The Balaban J connectivity index is 1.64. The maximum absolute atomic E-state index is 6.30. The van der Waals surface area contributed by atoms with E-state index in [-0.39, 0.29) is 12.1 Å². The van der Waals surface area contributed by atoms with E-state index in [0.717, 1.165) is 33.7 Å². The number of fused-ring (bicyclic) bond motifs is 1. The van der Waals surface area contributed by atoms with Gasteiger partial charge in [0.05, 0.1) is 11.7 Å². The van der Waals surface area contributed by atoms with E-state index < -0.39 is 0 Å². The normalized spacial score (nSPS) is 23.0. The van der Waals surface area contributed by atoms with Crippen LogP contribution < -0.4 is 0 Å². The summed E-state index contributed by atoms with van der Waals surface area (Å²) in [7, 11) is 0. The predicted octanol–water partition coefficient (Wildman–Crippen LogP) is 6.12. The van der Waals surface area contributed by atoms with Gasteiger partial charge in [0, 0.05) is 40.1 Å². The van der Waals surface area contributed by atoms with Crippen LogP contribution in [0.4, 0.5) is 0 Å². The zero-order chi connectivity index (χ0) is 20.8. The molecule has 0 N–H and O–H groups in total. The van der Waals surface area contributed by atoms with E-state index >= 15 is 0 Å². The number of aromatic nitrogens is 2. The van der Waals surface area contributed by atoms with Crippen LogP contribution in [0.1, 0.15) is 48.1 Å². The number of halogens is 1. The van der Waals surface area contributed by atoms with Crippen molar-refractivity contribution < 1.29 is 0 Å². The highest BCUT2D eigenvalue weighted by atomic mass is 35.5. The van der Waals surface area contributed by atoms with Crippen molar-refractivity contribution in [3.63, 3.8) is 0 Å².